The smallest absolute Gasteiger partial charge is 0.417 e. The molecule has 200 valence electrons. The van der Waals surface area contributed by atoms with Gasteiger partial charge in [-0.2, -0.15) is 13.2 Å². The number of hydrogen-bond donors (Lipinski definition) is 1. The Morgan fingerprint density at radius 1 is 0.949 bits per heavy atom. The molecular formula is C31H24BrF3O3S. The van der Waals surface area contributed by atoms with Crippen molar-refractivity contribution in [3.63, 3.8) is 0 Å². The van der Waals surface area contributed by atoms with Crippen LogP contribution in [-0.2, 0) is 11.0 Å². The van der Waals surface area contributed by atoms with Gasteiger partial charge in [0.2, 0.25) is 0 Å². The third-order valence-corrected chi connectivity index (χ3v) is 7.38. The van der Waals surface area contributed by atoms with E-state index < -0.39 is 24.3 Å². The second kappa shape index (κ2) is 12.6. The van der Waals surface area contributed by atoms with Gasteiger partial charge in [-0.15, -0.1) is 11.8 Å². The quantitative estimate of drug-likeness (QED) is 0.191. The van der Waals surface area contributed by atoms with E-state index in [-0.39, 0.29) is 5.56 Å². The molecule has 39 heavy (non-hydrogen) atoms. The van der Waals surface area contributed by atoms with Gasteiger partial charge in [-0.3, -0.25) is 0 Å². The van der Waals surface area contributed by atoms with Gasteiger partial charge >= 0.3 is 12.1 Å². The Morgan fingerprint density at radius 2 is 1.59 bits per heavy atom. The summed E-state index contributed by atoms with van der Waals surface area (Å²) >= 11 is 5.08. The van der Waals surface area contributed by atoms with Crippen molar-refractivity contribution in [3.05, 3.63) is 124 Å². The van der Waals surface area contributed by atoms with Crippen LogP contribution in [-0.4, -0.2) is 23.4 Å². The van der Waals surface area contributed by atoms with E-state index in [9.17, 15) is 18.0 Å². The lowest BCUT2D eigenvalue weighted by atomic mass is 9.94. The molecule has 0 spiro atoms. The molecule has 0 unspecified atom stereocenters. The van der Waals surface area contributed by atoms with Crippen LogP contribution >= 0.6 is 27.7 Å². The summed E-state index contributed by atoms with van der Waals surface area (Å²) < 4.78 is 46.9. The fourth-order valence-electron chi connectivity index (χ4n) is 4.08. The van der Waals surface area contributed by atoms with Gasteiger partial charge in [0, 0.05) is 15.1 Å². The van der Waals surface area contributed by atoms with E-state index in [1.54, 1.807) is 36.0 Å². The number of ether oxygens (including phenoxy) is 1. The largest absolute Gasteiger partial charge is 0.482 e. The molecule has 0 amide bonds. The van der Waals surface area contributed by atoms with E-state index in [1.165, 1.54) is 12.1 Å². The molecule has 1 N–H and O–H groups in total. The molecule has 0 aromatic heterocycles. The summed E-state index contributed by atoms with van der Waals surface area (Å²) in [5.74, 6) is 0.134. The molecule has 0 atom stereocenters. The molecule has 8 heteroatoms. The molecule has 4 aromatic carbocycles. The van der Waals surface area contributed by atoms with Gasteiger partial charge in [-0.1, -0.05) is 76.6 Å². The number of halogens is 4. The second-order valence-electron chi connectivity index (χ2n) is 8.67. The molecule has 0 saturated carbocycles. The normalized spacial score (nSPS) is 11.9. The third-order valence-electron chi connectivity index (χ3n) is 5.93. The van der Waals surface area contributed by atoms with E-state index in [0.29, 0.717) is 17.1 Å². The first-order chi connectivity index (χ1) is 18.6. The molecule has 4 rings (SSSR count). The van der Waals surface area contributed by atoms with E-state index in [1.807, 2.05) is 55.5 Å². The minimum atomic E-state index is -4.44. The Hall–Kier alpha value is -3.49. The maximum absolute atomic E-state index is 13.5. The van der Waals surface area contributed by atoms with Gasteiger partial charge in [0.15, 0.2) is 6.61 Å². The average Bonchev–Trinajstić information content (AvgIpc) is 2.91. The first-order valence-corrected chi connectivity index (χ1v) is 13.7. The molecular weight excluding hydrogens is 589 g/mol. The van der Waals surface area contributed by atoms with Crippen LogP contribution < -0.4 is 4.74 Å². The van der Waals surface area contributed by atoms with Crippen LogP contribution in [0.5, 0.6) is 5.75 Å². The van der Waals surface area contributed by atoms with E-state index in [4.69, 9.17) is 9.84 Å². The SMILES string of the molecule is Cc1cc(SCC=C(c2ccc(Br)cc2)c2ccc(-c3ccccc3C(F)(F)F)cc2)ccc1OCC(=O)O. The van der Waals surface area contributed by atoms with Crippen LogP contribution in [0.1, 0.15) is 22.3 Å². The number of rotatable bonds is 9. The van der Waals surface area contributed by atoms with Crippen molar-refractivity contribution in [2.75, 3.05) is 12.4 Å². The summed E-state index contributed by atoms with van der Waals surface area (Å²) in [6, 6.07) is 26.2. The number of hydrogen-bond acceptors (Lipinski definition) is 3. The number of thioether (sulfide) groups is 1. The van der Waals surface area contributed by atoms with Crippen molar-refractivity contribution in [3.8, 4) is 16.9 Å². The zero-order chi connectivity index (χ0) is 28.0. The molecule has 4 aromatic rings. The molecule has 0 aliphatic heterocycles. The van der Waals surface area contributed by atoms with Crippen molar-refractivity contribution >= 4 is 39.2 Å². The standard InChI is InChI=1S/C31H24BrF3O3S/c1-20-18-25(14-15-29(20)38-19-30(36)37)39-17-16-26(22-10-12-24(32)13-11-22)21-6-8-23(9-7-21)27-4-2-3-5-28(27)31(33,34)35/h2-16,18H,17,19H2,1H3,(H,36,37). The lowest BCUT2D eigenvalue weighted by molar-refractivity contribution is -0.139. The predicted molar refractivity (Wildman–Crippen MR) is 153 cm³/mol. The van der Waals surface area contributed by atoms with Crippen LogP contribution in [0, 0.1) is 6.92 Å². The Labute approximate surface area is 237 Å². The monoisotopic (exact) mass is 612 g/mol. The van der Waals surface area contributed by atoms with E-state index in [2.05, 4.69) is 22.0 Å². The summed E-state index contributed by atoms with van der Waals surface area (Å²) in [7, 11) is 0. The van der Waals surface area contributed by atoms with Crippen molar-refractivity contribution in [2.24, 2.45) is 0 Å². The zero-order valence-electron chi connectivity index (χ0n) is 20.8. The lowest BCUT2D eigenvalue weighted by Crippen LogP contribution is -2.09. The molecule has 0 bridgehead atoms. The van der Waals surface area contributed by atoms with Crippen molar-refractivity contribution in [1.82, 2.24) is 0 Å². The maximum atomic E-state index is 13.5. The number of carboxylic acids is 1. The van der Waals surface area contributed by atoms with Crippen LogP contribution in [0.25, 0.3) is 16.7 Å². The Morgan fingerprint density at radius 3 is 2.21 bits per heavy atom. The Kier molecular flexibility index (Phi) is 9.20. The number of carbonyl (C=O) groups is 1. The maximum Gasteiger partial charge on any atom is 0.417 e. The predicted octanol–water partition coefficient (Wildman–Crippen LogP) is 9.13. The second-order valence-corrected chi connectivity index (χ2v) is 10.7. The van der Waals surface area contributed by atoms with Gasteiger partial charge in [-0.05, 0) is 76.7 Å². The van der Waals surface area contributed by atoms with Crippen molar-refractivity contribution in [1.29, 1.82) is 0 Å². The molecule has 0 radical (unpaired) electrons. The number of aryl methyl sites for hydroxylation is 1. The first-order valence-electron chi connectivity index (χ1n) is 11.9. The molecule has 0 heterocycles. The summed E-state index contributed by atoms with van der Waals surface area (Å²) in [5.41, 5.74) is 3.66. The molecule has 0 aliphatic carbocycles. The van der Waals surface area contributed by atoms with Crippen molar-refractivity contribution < 1.29 is 27.8 Å². The molecule has 0 aliphatic rings. The summed E-state index contributed by atoms with van der Waals surface area (Å²) in [4.78, 5) is 11.8. The van der Waals surface area contributed by atoms with E-state index in [0.717, 1.165) is 37.7 Å². The minimum absolute atomic E-state index is 0.146. The Balaban J connectivity index is 1.59. The fraction of sp³-hybridized carbons (Fsp3) is 0.129. The van der Waals surface area contributed by atoms with Crippen molar-refractivity contribution in [2.45, 2.75) is 18.0 Å². The molecule has 0 saturated heterocycles. The van der Waals surface area contributed by atoms with Gasteiger partial charge < -0.3 is 9.84 Å². The van der Waals surface area contributed by atoms with Crippen LogP contribution in [0.4, 0.5) is 13.2 Å². The highest BCUT2D eigenvalue weighted by molar-refractivity contribution is 9.10. The van der Waals surface area contributed by atoms with Crippen LogP contribution in [0.2, 0.25) is 0 Å². The number of aliphatic carboxylic acids is 1. The van der Waals surface area contributed by atoms with Gasteiger partial charge in [0.25, 0.3) is 0 Å². The summed E-state index contributed by atoms with van der Waals surface area (Å²) in [6.45, 7) is 1.47. The highest BCUT2D eigenvalue weighted by Gasteiger charge is 2.33. The van der Waals surface area contributed by atoms with Gasteiger partial charge in [0.05, 0.1) is 5.56 Å². The number of benzene rings is 4. The van der Waals surface area contributed by atoms with Gasteiger partial charge in [0.1, 0.15) is 5.75 Å². The average molecular weight is 613 g/mol. The third kappa shape index (κ3) is 7.55. The lowest BCUT2D eigenvalue weighted by Gasteiger charge is -2.14. The Bertz CT molecular complexity index is 1480. The summed E-state index contributed by atoms with van der Waals surface area (Å²) in [5, 5.41) is 8.83. The number of carboxylic acid groups (broad SMARTS) is 1. The topological polar surface area (TPSA) is 46.5 Å². The molecule has 3 nitrogen and oxygen atoms in total. The fourth-order valence-corrected chi connectivity index (χ4v) is 5.21. The van der Waals surface area contributed by atoms with E-state index >= 15 is 0 Å². The molecule has 0 fully saturated rings. The van der Waals surface area contributed by atoms with Crippen LogP contribution in [0.15, 0.2) is 106 Å². The number of alkyl halides is 3. The summed E-state index contributed by atoms with van der Waals surface area (Å²) in [6.07, 6.45) is -2.34. The highest BCUT2D eigenvalue weighted by Crippen LogP contribution is 2.37. The van der Waals surface area contributed by atoms with Crippen LogP contribution in [0.3, 0.4) is 0 Å². The van der Waals surface area contributed by atoms with Gasteiger partial charge in [-0.25, -0.2) is 4.79 Å². The first kappa shape index (κ1) is 28.5. The highest BCUT2D eigenvalue weighted by atomic mass is 79.9. The zero-order valence-corrected chi connectivity index (χ0v) is 23.2. The minimum Gasteiger partial charge on any atom is -0.482 e.